The Morgan fingerprint density at radius 3 is 2.44 bits per heavy atom. The minimum atomic E-state index is -4.34. The fourth-order valence-electron chi connectivity index (χ4n) is 1.27. The Bertz CT molecular complexity index is 543. The van der Waals surface area contributed by atoms with Crippen LogP contribution in [-0.2, 0) is 15.5 Å². The molecule has 5 nitrogen and oxygen atoms in total. The van der Waals surface area contributed by atoms with Gasteiger partial charge in [-0.2, -0.15) is 4.39 Å². The predicted octanol–water partition coefficient (Wildman–Crippen LogP) is 2.22. The van der Waals surface area contributed by atoms with Gasteiger partial charge in [0.25, 0.3) is 9.05 Å². The molecule has 0 bridgehead atoms. The third kappa shape index (κ3) is 2.30. The molecule has 0 radical (unpaired) electrons. The smallest absolute Gasteiger partial charge is 0.258 e. The Kier molecular flexibility index (Phi) is 3.49. The zero-order chi connectivity index (χ0) is 12.5. The van der Waals surface area contributed by atoms with Crippen LogP contribution in [0.25, 0.3) is 0 Å². The molecule has 0 unspecified atom stereocenters. The molecule has 0 heterocycles. The van der Waals surface area contributed by atoms with Gasteiger partial charge in [0.05, 0.1) is 4.92 Å². The number of hydrogen-bond acceptors (Lipinski definition) is 4. The van der Waals surface area contributed by atoms with Gasteiger partial charge in [0.2, 0.25) is 5.82 Å². The molecule has 1 aromatic rings. The lowest BCUT2D eigenvalue weighted by Gasteiger charge is -2.05. The van der Waals surface area contributed by atoms with Crippen LogP contribution >= 0.6 is 10.7 Å². The molecule has 0 atom stereocenters. The van der Waals surface area contributed by atoms with Gasteiger partial charge in [-0.25, -0.2) is 8.42 Å². The molecule has 0 aliphatic carbocycles. The molecule has 0 aliphatic rings. The maximum Gasteiger partial charge on any atom is 0.306 e. The lowest BCUT2D eigenvalue weighted by molar-refractivity contribution is -0.387. The van der Waals surface area contributed by atoms with Gasteiger partial charge in [-0.3, -0.25) is 10.1 Å². The van der Waals surface area contributed by atoms with E-state index in [1.165, 1.54) is 6.07 Å². The van der Waals surface area contributed by atoms with Crippen molar-refractivity contribution in [3.8, 4) is 0 Å². The summed E-state index contributed by atoms with van der Waals surface area (Å²) in [5, 5.41) is 10.4. The normalized spacial score (nSPS) is 11.4. The minimum Gasteiger partial charge on any atom is -0.258 e. The summed E-state index contributed by atoms with van der Waals surface area (Å²) in [6.07, 6.45) is 0.205. The summed E-state index contributed by atoms with van der Waals surface area (Å²) < 4.78 is 35.8. The fraction of sp³-hybridized carbons (Fsp3) is 0.250. The first kappa shape index (κ1) is 12.9. The van der Waals surface area contributed by atoms with Crippen molar-refractivity contribution in [1.82, 2.24) is 0 Å². The van der Waals surface area contributed by atoms with E-state index in [2.05, 4.69) is 0 Å². The summed E-state index contributed by atoms with van der Waals surface area (Å²) in [6.45, 7) is 1.59. The summed E-state index contributed by atoms with van der Waals surface area (Å²) in [6, 6.07) is 2.09. The average Bonchev–Trinajstić information content (AvgIpc) is 2.14. The van der Waals surface area contributed by atoms with Gasteiger partial charge < -0.3 is 0 Å². The Labute approximate surface area is 95.4 Å². The van der Waals surface area contributed by atoms with Crippen molar-refractivity contribution in [1.29, 1.82) is 0 Å². The van der Waals surface area contributed by atoms with E-state index in [0.29, 0.717) is 0 Å². The van der Waals surface area contributed by atoms with E-state index in [1.54, 1.807) is 6.92 Å². The monoisotopic (exact) mass is 267 g/mol. The van der Waals surface area contributed by atoms with Gasteiger partial charge >= 0.3 is 5.69 Å². The standard InChI is InChI=1S/C8H7ClFNO4S/c1-2-5-3-4-6(11(12)13)7(10)8(5)16(9,14)15/h3-4H,2H2,1H3. The van der Waals surface area contributed by atoms with E-state index in [9.17, 15) is 22.9 Å². The molecular weight excluding hydrogens is 261 g/mol. The highest BCUT2D eigenvalue weighted by Gasteiger charge is 2.27. The Morgan fingerprint density at radius 2 is 2.06 bits per heavy atom. The molecule has 0 saturated carbocycles. The molecular formula is C8H7ClFNO4S. The number of rotatable bonds is 3. The van der Waals surface area contributed by atoms with Crippen LogP contribution in [0.4, 0.5) is 10.1 Å². The Hall–Kier alpha value is -1.21. The molecule has 0 fully saturated rings. The third-order valence-corrected chi connectivity index (χ3v) is 3.37. The second-order valence-electron chi connectivity index (χ2n) is 2.94. The van der Waals surface area contributed by atoms with Crippen LogP contribution in [0, 0.1) is 15.9 Å². The van der Waals surface area contributed by atoms with Crippen LogP contribution in [0.15, 0.2) is 17.0 Å². The average molecular weight is 268 g/mol. The molecule has 0 aliphatic heterocycles. The summed E-state index contributed by atoms with van der Waals surface area (Å²) in [4.78, 5) is 8.61. The topological polar surface area (TPSA) is 77.3 Å². The number of benzene rings is 1. The van der Waals surface area contributed by atoms with E-state index < -0.39 is 30.4 Å². The number of nitro benzene ring substituents is 1. The van der Waals surface area contributed by atoms with Crippen molar-refractivity contribution < 1.29 is 17.7 Å². The van der Waals surface area contributed by atoms with Crippen LogP contribution in [0.1, 0.15) is 12.5 Å². The van der Waals surface area contributed by atoms with Gasteiger partial charge in [0.15, 0.2) is 0 Å². The maximum absolute atomic E-state index is 13.6. The lowest BCUT2D eigenvalue weighted by Crippen LogP contribution is -2.04. The molecule has 16 heavy (non-hydrogen) atoms. The summed E-state index contributed by atoms with van der Waals surface area (Å²) in [5.74, 6) is -1.42. The van der Waals surface area contributed by atoms with Crippen LogP contribution in [-0.4, -0.2) is 13.3 Å². The highest BCUT2D eigenvalue weighted by atomic mass is 35.7. The lowest BCUT2D eigenvalue weighted by atomic mass is 10.1. The van der Waals surface area contributed by atoms with Crippen LogP contribution < -0.4 is 0 Å². The van der Waals surface area contributed by atoms with Gasteiger partial charge in [-0.1, -0.05) is 13.0 Å². The Morgan fingerprint density at radius 1 is 1.50 bits per heavy atom. The molecule has 0 N–H and O–H groups in total. The van der Waals surface area contributed by atoms with Crippen LogP contribution in [0.5, 0.6) is 0 Å². The van der Waals surface area contributed by atoms with E-state index in [-0.39, 0.29) is 12.0 Å². The number of nitro groups is 1. The van der Waals surface area contributed by atoms with Crippen molar-refractivity contribution in [2.24, 2.45) is 0 Å². The van der Waals surface area contributed by atoms with Crippen LogP contribution in [0.3, 0.4) is 0 Å². The molecule has 0 spiro atoms. The number of hydrogen-bond donors (Lipinski definition) is 0. The van der Waals surface area contributed by atoms with Gasteiger partial charge in [0, 0.05) is 16.7 Å². The molecule has 0 saturated heterocycles. The second-order valence-corrected chi connectivity index (χ2v) is 5.44. The number of nitrogens with zero attached hydrogens (tertiary/aromatic N) is 1. The largest absolute Gasteiger partial charge is 0.306 e. The third-order valence-electron chi connectivity index (χ3n) is 1.98. The van der Waals surface area contributed by atoms with E-state index >= 15 is 0 Å². The zero-order valence-electron chi connectivity index (χ0n) is 8.11. The van der Waals surface area contributed by atoms with Gasteiger partial charge in [-0.15, -0.1) is 0 Å². The molecule has 88 valence electrons. The first-order valence-corrected chi connectivity index (χ1v) is 6.50. The first-order chi connectivity index (χ1) is 7.29. The van der Waals surface area contributed by atoms with Crippen molar-refractivity contribution in [3.63, 3.8) is 0 Å². The first-order valence-electron chi connectivity index (χ1n) is 4.19. The summed E-state index contributed by atoms with van der Waals surface area (Å²) in [7, 11) is 0.695. The second kappa shape index (κ2) is 4.34. The highest BCUT2D eigenvalue weighted by molar-refractivity contribution is 8.13. The SMILES string of the molecule is CCc1ccc([N+](=O)[O-])c(F)c1S(=O)(=O)Cl. The van der Waals surface area contributed by atoms with E-state index in [0.717, 1.165) is 6.07 Å². The zero-order valence-corrected chi connectivity index (χ0v) is 9.68. The molecule has 0 amide bonds. The highest BCUT2D eigenvalue weighted by Crippen LogP contribution is 2.30. The number of halogens is 2. The summed E-state index contributed by atoms with van der Waals surface area (Å²) in [5.41, 5.74) is -0.797. The molecule has 1 aromatic carbocycles. The number of aryl methyl sites for hydroxylation is 1. The maximum atomic E-state index is 13.6. The van der Waals surface area contributed by atoms with E-state index in [1.807, 2.05) is 0 Å². The Balaban J connectivity index is 3.67. The quantitative estimate of drug-likeness (QED) is 0.478. The van der Waals surface area contributed by atoms with Gasteiger partial charge in [-0.05, 0) is 12.0 Å². The van der Waals surface area contributed by atoms with Crippen molar-refractivity contribution in [2.45, 2.75) is 18.2 Å². The van der Waals surface area contributed by atoms with Crippen LogP contribution in [0.2, 0.25) is 0 Å². The van der Waals surface area contributed by atoms with Crippen molar-refractivity contribution in [2.75, 3.05) is 0 Å². The fourth-order valence-corrected chi connectivity index (χ4v) is 2.61. The molecule has 8 heteroatoms. The minimum absolute atomic E-state index is 0.109. The van der Waals surface area contributed by atoms with Crippen molar-refractivity contribution >= 4 is 25.4 Å². The predicted molar refractivity (Wildman–Crippen MR) is 55.5 cm³/mol. The van der Waals surface area contributed by atoms with Crippen molar-refractivity contribution in [3.05, 3.63) is 33.6 Å². The van der Waals surface area contributed by atoms with E-state index in [4.69, 9.17) is 10.7 Å². The summed E-state index contributed by atoms with van der Waals surface area (Å²) >= 11 is 0. The van der Waals surface area contributed by atoms with Gasteiger partial charge in [0.1, 0.15) is 4.90 Å². The molecule has 1 rings (SSSR count). The molecule has 0 aromatic heterocycles.